The van der Waals surface area contributed by atoms with Gasteiger partial charge in [0, 0.05) is 10.7 Å². The Morgan fingerprint density at radius 1 is 1.43 bits per heavy atom. The van der Waals surface area contributed by atoms with Crippen LogP contribution in [0.2, 0.25) is 0 Å². The largest absolute Gasteiger partial charge is 0.494 e. The summed E-state index contributed by atoms with van der Waals surface area (Å²) < 4.78 is 10.5. The van der Waals surface area contributed by atoms with Crippen LogP contribution in [0.25, 0.3) is 11.0 Å². The molecule has 14 heavy (non-hydrogen) atoms. The summed E-state index contributed by atoms with van der Waals surface area (Å²) in [5.74, 6) is 0.863. The summed E-state index contributed by atoms with van der Waals surface area (Å²) in [4.78, 5) is 0. The van der Waals surface area contributed by atoms with E-state index in [9.17, 15) is 0 Å². The molecule has 2 aromatic rings. The smallest absolute Gasteiger partial charge is 0.167 e. The quantitative estimate of drug-likeness (QED) is 0.623. The van der Waals surface area contributed by atoms with Crippen molar-refractivity contribution < 1.29 is 9.26 Å². The van der Waals surface area contributed by atoms with Gasteiger partial charge in [0.15, 0.2) is 5.58 Å². The molecule has 0 aliphatic heterocycles. The van der Waals surface area contributed by atoms with E-state index >= 15 is 0 Å². The summed E-state index contributed by atoms with van der Waals surface area (Å²) in [6.45, 7) is 0.724. The summed E-state index contributed by atoms with van der Waals surface area (Å²) >= 11 is 3.35. The summed E-state index contributed by atoms with van der Waals surface area (Å²) in [7, 11) is 0. The number of hydrogen-bond acceptors (Lipinski definition) is 3. The maximum atomic E-state index is 5.52. The number of aromatic nitrogens is 1. The molecule has 2 rings (SSSR count). The summed E-state index contributed by atoms with van der Waals surface area (Å²) in [5.41, 5.74) is 0.790. The first-order valence-electron chi connectivity index (χ1n) is 4.43. The van der Waals surface area contributed by atoms with Crippen molar-refractivity contribution in [3.8, 4) is 5.75 Å². The number of nitrogens with zero attached hydrogens (tertiary/aromatic N) is 1. The van der Waals surface area contributed by atoms with Crippen molar-refractivity contribution in [3.63, 3.8) is 0 Å². The predicted octanol–water partition coefficient (Wildman–Crippen LogP) is 2.99. The van der Waals surface area contributed by atoms with Crippen LogP contribution in [0, 0.1) is 0 Å². The fourth-order valence-corrected chi connectivity index (χ4v) is 1.41. The Kier molecular flexibility index (Phi) is 3.03. The van der Waals surface area contributed by atoms with Gasteiger partial charge in [-0.05, 0) is 24.6 Å². The highest BCUT2D eigenvalue weighted by Crippen LogP contribution is 2.20. The molecule has 74 valence electrons. The molecule has 0 saturated carbocycles. The minimum absolute atomic E-state index is 0.724. The Balaban J connectivity index is 2.10. The summed E-state index contributed by atoms with van der Waals surface area (Å²) in [5, 5.41) is 5.64. The molecule has 0 unspecified atom stereocenters. The van der Waals surface area contributed by atoms with E-state index in [4.69, 9.17) is 9.26 Å². The Hall–Kier alpha value is -1.03. The van der Waals surface area contributed by atoms with Crippen molar-refractivity contribution in [2.75, 3.05) is 11.9 Å². The van der Waals surface area contributed by atoms with Crippen LogP contribution < -0.4 is 4.74 Å². The van der Waals surface area contributed by atoms with Gasteiger partial charge in [-0.1, -0.05) is 21.1 Å². The Labute approximate surface area is 90.2 Å². The third-order valence-corrected chi connectivity index (χ3v) is 2.43. The third-order valence-electron chi connectivity index (χ3n) is 1.87. The van der Waals surface area contributed by atoms with Gasteiger partial charge in [-0.15, -0.1) is 0 Å². The highest BCUT2D eigenvalue weighted by molar-refractivity contribution is 9.09. The van der Waals surface area contributed by atoms with Crippen molar-refractivity contribution in [1.29, 1.82) is 0 Å². The molecule has 0 fully saturated rings. The second-order valence-electron chi connectivity index (χ2n) is 2.92. The molecule has 0 aliphatic carbocycles. The fourth-order valence-electron chi connectivity index (χ4n) is 1.18. The van der Waals surface area contributed by atoms with E-state index in [0.29, 0.717) is 0 Å². The van der Waals surface area contributed by atoms with Gasteiger partial charge in [0.1, 0.15) is 5.75 Å². The van der Waals surface area contributed by atoms with E-state index in [0.717, 1.165) is 35.1 Å². The van der Waals surface area contributed by atoms with E-state index in [1.807, 2.05) is 18.2 Å². The SMILES string of the molecule is BrCCCOc1ccc2oncc2c1. The lowest BCUT2D eigenvalue weighted by atomic mass is 10.2. The molecular formula is C10H10BrNO2. The maximum Gasteiger partial charge on any atom is 0.167 e. The van der Waals surface area contributed by atoms with Gasteiger partial charge < -0.3 is 9.26 Å². The van der Waals surface area contributed by atoms with Gasteiger partial charge in [-0.25, -0.2) is 0 Å². The molecule has 0 amide bonds. The molecule has 0 N–H and O–H groups in total. The Morgan fingerprint density at radius 3 is 3.21 bits per heavy atom. The van der Waals surface area contributed by atoms with Crippen LogP contribution in [0.3, 0.4) is 0 Å². The first kappa shape index (κ1) is 9.52. The van der Waals surface area contributed by atoms with E-state index in [1.54, 1.807) is 6.20 Å². The number of ether oxygens (including phenoxy) is 1. The van der Waals surface area contributed by atoms with Crippen molar-refractivity contribution in [2.45, 2.75) is 6.42 Å². The number of benzene rings is 1. The molecule has 0 aliphatic rings. The van der Waals surface area contributed by atoms with Crippen molar-refractivity contribution in [1.82, 2.24) is 5.16 Å². The van der Waals surface area contributed by atoms with Gasteiger partial charge in [0.05, 0.1) is 12.8 Å². The number of halogens is 1. The number of rotatable bonds is 4. The maximum absolute atomic E-state index is 5.52. The van der Waals surface area contributed by atoms with E-state index < -0.39 is 0 Å². The third kappa shape index (κ3) is 2.07. The zero-order valence-corrected chi connectivity index (χ0v) is 9.16. The van der Waals surface area contributed by atoms with Crippen molar-refractivity contribution in [2.24, 2.45) is 0 Å². The zero-order valence-electron chi connectivity index (χ0n) is 7.57. The summed E-state index contributed by atoms with van der Waals surface area (Å²) in [6, 6.07) is 5.69. The van der Waals surface area contributed by atoms with Crippen LogP contribution in [0.4, 0.5) is 0 Å². The molecule has 1 heterocycles. The normalized spacial score (nSPS) is 10.6. The highest BCUT2D eigenvalue weighted by atomic mass is 79.9. The fraction of sp³-hybridized carbons (Fsp3) is 0.300. The van der Waals surface area contributed by atoms with Crippen LogP contribution in [0.15, 0.2) is 28.9 Å². The van der Waals surface area contributed by atoms with Gasteiger partial charge in [0.25, 0.3) is 0 Å². The average Bonchev–Trinajstić information content (AvgIpc) is 2.65. The van der Waals surface area contributed by atoms with Crippen LogP contribution in [0.1, 0.15) is 6.42 Å². The lowest BCUT2D eigenvalue weighted by molar-refractivity contribution is 0.319. The zero-order chi connectivity index (χ0) is 9.80. The predicted molar refractivity (Wildman–Crippen MR) is 57.9 cm³/mol. The first-order chi connectivity index (χ1) is 6.90. The molecule has 0 bridgehead atoms. The molecule has 0 saturated heterocycles. The minimum Gasteiger partial charge on any atom is -0.494 e. The van der Waals surface area contributed by atoms with Crippen LogP contribution >= 0.6 is 15.9 Å². The molecule has 0 atom stereocenters. The average molecular weight is 256 g/mol. The van der Waals surface area contributed by atoms with Crippen LogP contribution in [-0.4, -0.2) is 17.1 Å². The van der Waals surface area contributed by atoms with Gasteiger partial charge >= 0.3 is 0 Å². The lowest BCUT2D eigenvalue weighted by Gasteiger charge is -2.03. The number of hydrogen-bond donors (Lipinski definition) is 0. The van der Waals surface area contributed by atoms with Crippen LogP contribution in [-0.2, 0) is 0 Å². The molecule has 0 radical (unpaired) electrons. The Morgan fingerprint density at radius 2 is 2.36 bits per heavy atom. The molecule has 3 nitrogen and oxygen atoms in total. The monoisotopic (exact) mass is 255 g/mol. The molecule has 0 spiro atoms. The standard InChI is InChI=1S/C10H10BrNO2/c11-4-1-5-13-9-2-3-10-8(6-9)7-12-14-10/h2-3,6-7H,1,4-5H2. The van der Waals surface area contributed by atoms with Crippen LogP contribution in [0.5, 0.6) is 5.75 Å². The molecule has 4 heteroatoms. The highest BCUT2D eigenvalue weighted by Gasteiger charge is 2.00. The van der Waals surface area contributed by atoms with Gasteiger partial charge in [-0.3, -0.25) is 0 Å². The first-order valence-corrected chi connectivity index (χ1v) is 5.55. The minimum atomic E-state index is 0.724. The van der Waals surface area contributed by atoms with Crippen molar-refractivity contribution in [3.05, 3.63) is 24.4 Å². The topological polar surface area (TPSA) is 35.3 Å². The second kappa shape index (κ2) is 4.46. The van der Waals surface area contributed by atoms with Crippen molar-refractivity contribution >= 4 is 26.9 Å². The molecular weight excluding hydrogens is 246 g/mol. The summed E-state index contributed by atoms with van der Waals surface area (Å²) in [6.07, 6.45) is 2.69. The van der Waals surface area contributed by atoms with E-state index in [1.165, 1.54) is 0 Å². The Bertz CT molecular complexity index is 413. The molecule has 1 aromatic heterocycles. The van der Waals surface area contributed by atoms with Gasteiger partial charge in [0.2, 0.25) is 0 Å². The lowest BCUT2D eigenvalue weighted by Crippen LogP contribution is -1.96. The van der Waals surface area contributed by atoms with E-state index in [-0.39, 0.29) is 0 Å². The second-order valence-corrected chi connectivity index (χ2v) is 3.71. The number of alkyl halides is 1. The molecule has 1 aromatic carbocycles. The van der Waals surface area contributed by atoms with Gasteiger partial charge in [-0.2, -0.15) is 0 Å². The van der Waals surface area contributed by atoms with E-state index in [2.05, 4.69) is 21.1 Å². The number of fused-ring (bicyclic) bond motifs is 1.